The quantitative estimate of drug-likeness (QED) is 0.365. The second-order valence-electron chi connectivity index (χ2n) is 4.66. The van der Waals surface area contributed by atoms with E-state index in [4.69, 9.17) is 4.74 Å². The molecule has 119 valence electrons. The van der Waals surface area contributed by atoms with Crippen molar-refractivity contribution in [1.29, 1.82) is 0 Å². The van der Waals surface area contributed by atoms with Gasteiger partial charge in [0.15, 0.2) is 0 Å². The zero-order chi connectivity index (χ0) is 15.6. The Morgan fingerprint density at radius 1 is 1.14 bits per heavy atom. The van der Waals surface area contributed by atoms with Crippen molar-refractivity contribution >= 4 is 39.7 Å². The Morgan fingerprint density at radius 3 is 2.50 bits per heavy atom. The second-order valence-corrected chi connectivity index (χ2v) is 6.13. The summed E-state index contributed by atoms with van der Waals surface area (Å²) in [7, 11) is -4.41. The number of unbranched alkanes of at least 4 members (excludes halogenated alkanes) is 5. The molecule has 0 amide bonds. The van der Waals surface area contributed by atoms with Gasteiger partial charge in [-0.3, -0.25) is 0 Å². The van der Waals surface area contributed by atoms with Gasteiger partial charge in [-0.1, -0.05) is 49.1 Å². The third kappa shape index (κ3) is 7.74. The van der Waals surface area contributed by atoms with Crippen LogP contribution in [0.3, 0.4) is 0 Å². The molecule has 4 nitrogen and oxygen atoms in total. The fraction of sp³-hybridized carbons (Fsp3) is 0.467. The van der Waals surface area contributed by atoms with Crippen LogP contribution in [-0.4, -0.2) is 38.0 Å². The van der Waals surface area contributed by atoms with E-state index in [-0.39, 0.29) is 40.2 Å². The van der Waals surface area contributed by atoms with E-state index in [9.17, 15) is 12.9 Å². The molecule has 0 saturated heterocycles. The summed E-state index contributed by atoms with van der Waals surface area (Å²) < 4.78 is 43.0. The van der Waals surface area contributed by atoms with Gasteiger partial charge < -0.3 is 4.74 Å². The first-order valence-electron chi connectivity index (χ1n) is 7.07. The molecule has 0 aliphatic carbocycles. The van der Waals surface area contributed by atoms with Crippen molar-refractivity contribution < 1.29 is 22.1 Å². The number of halogens is 1. The van der Waals surface area contributed by atoms with Gasteiger partial charge in [-0.05, 0) is 35.6 Å². The SMILES string of the molecule is CCCCCCCC=COc1ccccc1S(=O)(=O)OF.[Na]. The Bertz CT molecular complexity index is 546. The molecule has 0 bridgehead atoms. The van der Waals surface area contributed by atoms with Crippen molar-refractivity contribution in [3.8, 4) is 5.75 Å². The molecule has 1 radical (unpaired) electrons. The van der Waals surface area contributed by atoms with Crippen molar-refractivity contribution in [3.05, 3.63) is 36.6 Å². The van der Waals surface area contributed by atoms with Crippen LogP contribution in [0.5, 0.6) is 5.75 Å². The number of benzene rings is 1. The molecule has 0 saturated carbocycles. The van der Waals surface area contributed by atoms with Gasteiger partial charge in [0.2, 0.25) is 0 Å². The van der Waals surface area contributed by atoms with Crippen molar-refractivity contribution in [2.75, 3.05) is 0 Å². The molecule has 0 aliphatic heterocycles. The molecule has 0 aromatic heterocycles. The van der Waals surface area contributed by atoms with Gasteiger partial charge in [0.25, 0.3) is 0 Å². The standard InChI is InChI=1S/C15H21FO4S.Na/c1-2-3-4-5-6-7-10-13-19-14-11-8-9-12-15(14)21(17,18)20-16;/h8-13H,2-7H2,1H3;. The Kier molecular flexibility index (Phi) is 11.9. The van der Waals surface area contributed by atoms with Gasteiger partial charge in [-0.15, -0.1) is 0 Å². The average molecular weight is 339 g/mol. The minimum atomic E-state index is -4.41. The van der Waals surface area contributed by atoms with E-state index >= 15 is 0 Å². The van der Waals surface area contributed by atoms with Crippen LogP contribution in [0.2, 0.25) is 0 Å². The maximum atomic E-state index is 12.1. The van der Waals surface area contributed by atoms with Crippen LogP contribution >= 0.6 is 0 Å². The first-order chi connectivity index (χ1) is 10.1. The third-order valence-electron chi connectivity index (χ3n) is 2.97. The summed E-state index contributed by atoms with van der Waals surface area (Å²) in [6.07, 6.45) is 10.0. The number of allylic oxidation sites excluding steroid dienone is 1. The first kappa shape index (κ1) is 21.6. The predicted molar refractivity (Wildman–Crippen MR) is 84.7 cm³/mol. The minimum absolute atomic E-state index is 0. The van der Waals surface area contributed by atoms with Gasteiger partial charge in [-0.25, -0.2) is 0 Å². The van der Waals surface area contributed by atoms with Gasteiger partial charge in [0.05, 0.1) is 6.26 Å². The third-order valence-corrected chi connectivity index (χ3v) is 4.01. The minimum Gasteiger partial charge on any atom is -0.464 e. The maximum Gasteiger partial charge on any atom is 0.330 e. The molecule has 7 heteroatoms. The van der Waals surface area contributed by atoms with E-state index in [1.165, 1.54) is 50.1 Å². The van der Waals surface area contributed by atoms with Gasteiger partial charge in [0, 0.05) is 29.6 Å². The van der Waals surface area contributed by atoms with E-state index in [2.05, 4.69) is 11.3 Å². The number of rotatable bonds is 10. The van der Waals surface area contributed by atoms with E-state index in [0.29, 0.717) is 0 Å². The monoisotopic (exact) mass is 339 g/mol. The Labute approximate surface area is 154 Å². The smallest absolute Gasteiger partial charge is 0.330 e. The molecular weight excluding hydrogens is 318 g/mol. The van der Waals surface area contributed by atoms with E-state index in [0.717, 1.165) is 12.8 Å². The first-order valence-corrected chi connectivity index (χ1v) is 8.48. The van der Waals surface area contributed by atoms with Crippen molar-refractivity contribution in [2.45, 2.75) is 50.3 Å². The number of hydrogen-bond donors (Lipinski definition) is 0. The molecule has 0 atom stereocenters. The van der Waals surface area contributed by atoms with Gasteiger partial charge >= 0.3 is 10.1 Å². The van der Waals surface area contributed by atoms with Crippen molar-refractivity contribution in [1.82, 2.24) is 0 Å². The molecule has 0 unspecified atom stereocenters. The molecule has 0 N–H and O–H groups in total. The normalized spacial score (nSPS) is 11.4. The Balaban J connectivity index is 0.00000441. The van der Waals surface area contributed by atoms with Crippen molar-refractivity contribution in [2.24, 2.45) is 0 Å². The molecule has 0 fully saturated rings. The molecule has 0 heterocycles. The number of hydrogen-bond acceptors (Lipinski definition) is 4. The zero-order valence-corrected chi connectivity index (χ0v) is 15.9. The van der Waals surface area contributed by atoms with Crippen LogP contribution in [-0.2, 0) is 14.5 Å². The summed E-state index contributed by atoms with van der Waals surface area (Å²) in [5.41, 5.74) is 0. The van der Waals surface area contributed by atoms with Crippen LogP contribution in [0.25, 0.3) is 0 Å². The molecule has 0 aliphatic rings. The predicted octanol–water partition coefficient (Wildman–Crippen LogP) is 4.15. The molecule has 22 heavy (non-hydrogen) atoms. The van der Waals surface area contributed by atoms with E-state index in [1.54, 1.807) is 6.07 Å². The summed E-state index contributed by atoms with van der Waals surface area (Å²) in [5.74, 6) is 0.0392. The van der Waals surface area contributed by atoms with E-state index in [1.807, 2.05) is 6.08 Å². The van der Waals surface area contributed by atoms with Crippen LogP contribution in [0.15, 0.2) is 41.5 Å². The van der Waals surface area contributed by atoms with Crippen LogP contribution in [0.1, 0.15) is 45.4 Å². The molecular formula is C15H21FNaO4S. The molecule has 1 aromatic rings. The van der Waals surface area contributed by atoms with Crippen LogP contribution in [0.4, 0.5) is 4.53 Å². The van der Waals surface area contributed by atoms with E-state index < -0.39 is 10.1 Å². The molecule has 1 rings (SSSR count). The number of ether oxygens (including phenoxy) is 1. The summed E-state index contributed by atoms with van der Waals surface area (Å²) in [6.45, 7) is 2.17. The van der Waals surface area contributed by atoms with Crippen LogP contribution in [0, 0.1) is 0 Å². The number of para-hydroxylation sites is 1. The Hall–Kier alpha value is -0.400. The van der Waals surface area contributed by atoms with Gasteiger partial charge in [0.1, 0.15) is 10.6 Å². The summed E-state index contributed by atoms with van der Waals surface area (Å²) in [5, 5.41) is 0. The molecule has 1 aromatic carbocycles. The largest absolute Gasteiger partial charge is 0.464 e. The summed E-state index contributed by atoms with van der Waals surface area (Å²) in [4.78, 5) is -0.333. The molecule has 0 spiro atoms. The topological polar surface area (TPSA) is 52.6 Å². The second kappa shape index (κ2) is 12.1. The fourth-order valence-corrected chi connectivity index (χ4v) is 2.52. The summed E-state index contributed by atoms with van der Waals surface area (Å²) >= 11 is 0. The average Bonchev–Trinajstić information content (AvgIpc) is 2.50. The van der Waals surface area contributed by atoms with Crippen LogP contribution < -0.4 is 4.74 Å². The maximum absolute atomic E-state index is 12.1. The summed E-state index contributed by atoms with van der Waals surface area (Å²) in [6, 6.07) is 5.74. The fourth-order valence-electron chi connectivity index (χ4n) is 1.84. The Morgan fingerprint density at radius 2 is 1.82 bits per heavy atom. The zero-order valence-electron chi connectivity index (χ0n) is 13.1. The van der Waals surface area contributed by atoms with Crippen molar-refractivity contribution in [3.63, 3.8) is 0 Å². The van der Waals surface area contributed by atoms with Gasteiger partial charge in [-0.2, -0.15) is 8.42 Å².